The summed E-state index contributed by atoms with van der Waals surface area (Å²) >= 11 is 1.57. The minimum absolute atomic E-state index is 0. The smallest absolute Gasteiger partial charge is 0.748 e. The van der Waals surface area contributed by atoms with E-state index in [9.17, 15) is 23.0 Å². The molecular weight excluding hydrogens is 646 g/mol. The van der Waals surface area contributed by atoms with E-state index in [-0.39, 0.29) is 47.7 Å². The van der Waals surface area contributed by atoms with Crippen molar-refractivity contribution in [3.8, 4) is 11.8 Å². The Hall–Kier alpha value is -3.51. The predicted molar refractivity (Wildman–Crippen MR) is 180 cm³/mol. The number of benzene rings is 3. The second kappa shape index (κ2) is 16.5. The fourth-order valence-corrected chi connectivity index (χ4v) is 6.17. The Bertz CT molecular complexity index is 1880. The number of nitrogens with one attached hydrogen (secondary N) is 1. The molecule has 0 aliphatic rings. The van der Waals surface area contributed by atoms with E-state index < -0.39 is 21.3 Å². The van der Waals surface area contributed by atoms with Gasteiger partial charge in [-0.1, -0.05) is 62.9 Å². The number of nitriles is 1. The van der Waals surface area contributed by atoms with Crippen LogP contribution in [0.2, 0.25) is 0 Å². The molecule has 1 N–H and O–H groups in total. The number of hydrogen-bond acceptors (Lipinski definition) is 10. The predicted octanol–water partition coefficient (Wildman–Crippen LogP) is 4.33. The largest absolute Gasteiger partial charge is 1.00 e. The molecule has 47 heavy (non-hydrogen) atoms. The SMILES string of the molecule is CCN(CCCS(=O)(=O)[O-])c1ccc(N=Nc2c(C#N)c(C(C)(C)C)nn2-c2ccccc2Sc2ccccc2)c(NC(C)=O)c1.[Na+]. The number of hydrogen-bond donors (Lipinski definition) is 1. The molecule has 0 unspecified atom stereocenters. The van der Waals surface area contributed by atoms with Crippen LogP contribution in [0.15, 0.2) is 92.8 Å². The van der Waals surface area contributed by atoms with Crippen LogP contribution < -0.4 is 39.8 Å². The van der Waals surface area contributed by atoms with Gasteiger partial charge < -0.3 is 14.8 Å². The molecule has 1 amide bonds. The van der Waals surface area contributed by atoms with Crippen LogP contribution in [0, 0.1) is 11.3 Å². The molecule has 0 atom stereocenters. The van der Waals surface area contributed by atoms with Crippen molar-refractivity contribution in [2.45, 2.75) is 56.2 Å². The van der Waals surface area contributed by atoms with Gasteiger partial charge in [-0.2, -0.15) is 10.4 Å². The van der Waals surface area contributed by atoms with Gasteiger partial charge in [0.05, 0.1) is 27.2 Å². The summed E-state index contributed by atoms with van der Waals surface area (Å²) in [5.41, 5.74) is 2.55. The van der Waals surface area contributed by atoms with E-state index in [1.807, 2.05) is 87.2 Å². The maximum Gasteiger partial charge on any atom is 1.00 e. The number of rotatable bonds is 12. The van der Waals surface area contributed by atoms with Crippen LogP contribution in [0.1, 0.15) is 52.3 Å². The van der Waals surface area contributed by atoms with E-state index >= 15 is 0 Å². The minimum Gasteiger partial charge on any atom is -0.748 e. The molecule has 1 aromatic heterocycles. The molecule has 0 bridgehead atoms. The van der Waals surface area contributed by atoms with Crippen LogP contribution in [-0.2, 0) is 20.3 Å². The van der Waals surface area contributed by atoms with Crippen molar-refractivity contribution in [2.24, 2.45) is 10.2 Å². The number of carbonyl (C=O) groups excluding carboxylic acids is 1. The molecule has 4 aromatic rings. The van der Waals surface area contributed by atoms with Gasteiger partial charge in [-0.25, -0.2) is 13.1 Å². The van der Waals surface area contributed by atoms with Gasteiger partial charge >= 0.3 is 29.6 Å². The van der Waals surface area contributed by atoms with Gasteiger partial charge in [-0.3, -0.25) is 4.79 Å². The number of anilines is 2. The molecule has 0 saturated carbocycles. The van der Waals surface area contributed by atoms with Crippen molar-refractivity contribution in [3.05, 3.63) is 84.1 Å². The van der Waals surface area contributed by atoms with E-state index in [1.165, 1.54) is 6.92 Å². The molecule has 0 saturated heterocycles. The maximum absolute atomic E-state index is 12.2. The van der Waals surface area contributed by atoms with Gasteiger partial charge in [0.2, 0.25) is 5.91 Å². The van der Waals surface area contributed by atoms with E-state index in [4.69, 9.17) is 5.10 Å². The fourth-order valence-electron chi connectivity index (χ4n) is 4.73. The Morgan fingerprint density at radius 1 is 1.09 bits per heavy atom. The molecule has 0 aliphatic heterocycles. The van der Waals surface area contributed by atoms with Gasteiger partial charge in [-0.15, -0.1) is 10.2 Å². The van der Waals surface area contributed by atoms with Crippen LogP contribution in [0.5, 0.6) is 0 Å². The van der Waals surface area contributed by atoms with Crippen LogP contribution in [0.3, 0.4) is 0 Å². The molecule has 11 nitrogen and oxygen atoms in total. The van der Waals surface area contributed by atoms with Gasteiger partial charge in [0.1, 0.15) is 17.3 Å². The zero-order valence-electron chi connectivity index (χ0n) is 27.4. The molecule has 3 aromatic carbocycles. The number of para-hydroxylation sites is 1. The summed E-state index contributed by atoms with van der Waals surface area (Å²) in [5.74, 6) is -0.536. The third kappa shape index (κ3) is 10.2. The molecule has 14 heteroatoms. The first-order chi connectivity index (χ1) is 21.8. The number of azo groups is 1. The summed E-state index contributed by atoms with van der Waals surface area (Å²) < 4.78 is 34.9. The first kappa shape index (κ1) is 37.9. The number of amides is 1. The van der Waals surface area contributed by atoms with E-state index in [0.717, 1.165) is 15.5 Å². The Balaban J connectivity index is 0.00000600. The van der Waals surface area contributed by atoms with Crippen molar-refractivity contribution in [3.63, 3.8) is 0 Å². The van der Waals surface area contributed by atoms with Gasteiger partial charge in [0, 0.05) is 46.7 Å². The average molecular weight is 682 g/mol. The van der Waals surface area contributed by atoms with E-state index in [0.29, 0.717) is 41.4 Å². The van der Waals surface area contributed by atoms with Crippen molar-refractivity contribution in [1.29, 1.82) is 5.26 Å². The van der Waals surface area contributed by atoms with Gasteiger partial charge in [0.25, 0.3) is 0 Å². The minimum atomic E-state index is -4.32. The van der Waals surface area contributed by atoms with Gasteiger partial charge in [0.15, 0.2) is 5.82 Å². The van der Waals surface area contributed by atoms with Crippen molar-refractivity contribution < 1.29 is 47.3 Å². The molecule has 240 valence electrons. The number of aromatic nitrogens is 2. The van der Waals surface area contributed by atoms with Crippen LogP contribution >= 0.6 is 11.8 Å². The normalized spacial score (nSPS) is 11.6. The standard InChI is InChI=1S/C33H37N7O4S2.Na/c1-6-39(19-12-20-46(42,43)44)24-17-18-27(28(21-24)35-23(2)41)36-37-32-26(22-34)31(33(3,4)5)38-40(32)29-15-10-11-16-30(29)45-25-13-8-7-9-14-25;/h7-11,13-18,21H,6,12,19-20H2,1-5H3,(H,35,41)(H,42,43,44);/q;+1/p-1. The molecule has 0 fully saturated rings. The molecular formula is C33H36N7NaO4S2. The maximum atomic E-state index is 12.2. The fraction of sp³-hybridized carbons (Fsp3) is 0.303. The van der Waals surface area contributed by atoms with Crippen LogP contribution in [-0.4, -0.2) is 47.5 Å². The summed E-state index contributed by atoms with van der Waals surface area (Å²) in [4.78, 5) is 16.0. The Kier molecular flexibility index (Phi) is 13.4. The summed E-state index contributed by atoms with van der Waals surface area (Å²) in [5, 5.41) is 27.1. The van der Waals surface area contributed by atoms with Crippen molar-refractivity contribution >= 4 is 50.7 Å². The van der Waals surface area contributed by atoms with Crippen molar-refractivity contribution in [2.75, 3.05) is 29.1 Å². The summed E-state index contributed by atoms with van der Waals surface area (Å²) in [6.07, 6.45) is 0.164. The molecule has 0 radical (unpaired) electrons. The molecule has 4 rings (SSSR count). The third-order valence-corrected chi connectivity index (χ3v) is 8.72. The number of carbonyl (C=O) groups is 1. The Labute approximate surface area is 302 Å². The second-order valence-electron chi connectivity index (χ2n) is 11.5. The Morgan fingerprint density at radius 3 is 2.38 bits per heavy atom. The van der Waals surface area contributed by atoms with Crippen LogP contribution in [0.25, 0.3) is 5.69 Å². The molecule has 0 aliphatic carbocycles. The van der Waals surface area contributed by atoms with E-state index in [2.05, 4.69) is 21.6 Å². The average Bonchev–Trinajstić information content (AvgIpc) is 3.38. The summed E-state index contributed by atoms with van der Waals surface area (Å²) in [6.45, 7) is 10.1. The third-order valence-electron chi connectivity index (χ3n) is 6.86. The monoisotopic (exact) mass is 681 g/mol. The van der Waals surface area contributed by atoms with Crippen LogP contribution in [0.4, 0.5) is 22.9 Å². The first-order valence-corrected chi connectivity index (χ1v) is 17.1. The van der Waals surface area contributed by atoms with E-state index in [1.54, 1.807) is 34.6 Å². The first-order valence-electron chi connectivity index (χ1n) is 14.7. The second-order valence-corrected chi connectivity index (χ2v) is 14.1. The van der Waals surface area contributed by atoms with Gasteiger partial charge in [-0.05, 0) is 55.8 Å². The number of nitrogens with zero attached hydrogens (tertiary/aromatic N) is 6. The zero-order valence-corrected chi connectivity index (χ0v) is 31.0. The molecule has 0 spiro atoms. The quantitative estimate of drug-likeness (QED) is 0.132. The zero-order chi connectivity index (χ0) is 33.5. The summed E-state index contributed by atoms with van der Waals surface area (Å²) in [6, 6.07) is 25.2. The summed E-state index contributed by atoms with van der Waals surface area (Å²) in [7, 11) is -4.32. The Morgan fingerprint density at radius 2 is 1.77 bits per heavy atom. The molecule has 1 heterocycles. The topological polar surface area (TPSA) is 156 Å². The van der Waals surface area contributed by atoms with Crippen molar-refractivity contribution in [1.82, 2.24) is 9.78 Å².